The van der Waals surface area contributed by atoms with Crippen LogP contribution in [-0.4, -0.2) is 31.1 Å². The van der Waals surface area contributed by atoms with Crippen molar-refractivity contribution in [1.82, 2.24) is 4.31 Å². The van der Waals surface area contributed by atoms with Gasteiger partial charge in [0, 0.05) is 13.1 Å². The molecule has 1 heterocycles. The molecule has 0 aromatic heterocycles. The summed E-state index contributed by atoms with van der Waals surface area (Å²) in [6, 6.07) is 0. The van der Waals surface area contributed by atoms with Gasteiger partial charge in [0.15, 0.2) is 0 Å². The first-order valence-electron chi connectivity index (χ1n) is 5.09. The molecule has 0 unspecified atom stereocenters. The lowest BCUT2D eigenvalue weighted by Crippen LogP contribution is -2.31. The lowest BCUT2D eigenvalue weighted by Gasteiger charge is -2.25. The molecule has 0 spiro atoms. The Hall–Kier alpha value is -0.0900. The molecule has 0 atom stereocenters. The van der Waals surface area contributed by atoms with E-state index in [-0.39, 0.29) is 5.25 Å². The molecule has 76 valence electrons. The standard InChI is InChI=1S/C9H17NO2S/c1-8-2-4-9(5-3-8)13(11,12)10-6-7-10/h8-9H,2-7H2,1H3. The summed E-state index contributed by atoms with van der Waals surface area (Å²) in [5, 5.41) is -0.0637. The SMILES string of the molecule is CC1CCC(S(=O)(=O)N2CC2)CC1. The van der Waals surface area contributed by atoms with Gasteiger partial charge >= 0.3 is 0 Å². The summed E-state index contributed by atoms with van der Waals surface area (Å²) in [4.78, 5) is 0. The zero-order valence-corrected chi connectivity index (χ0v) is 8.89. The maximum Gasteiger partial charge on any atom is 0.217 e. The quantitative estimate of drug-likeness (QED) is 0.633. The minimum Gasteiger partial charge on any atom is -0.212 e. The predicted octanol–water partition coefficient (Wildman–Crippen LogP) is 1.21. The average Bonchev–Trinajstić information content (AvgIpc) is 2.87. The van der Waals surface area contributed by atoms with Crippen LogP contribution in [0.15, 0.2) is 0 Å². The Morgan fingerprint density at radius 2 is 1.62 bits per heavy atom. The van der Waals surface area contributed by atoms with Crippen LogP contribution in [0.1, 0.15) is 32.6 Å². The van der Waals surface area contributed by atoms with E-state index in [9.17, 15) is 8.42 Å². The molecule has 2 fully saturated rings. The Kier molecular flexibility index (Phi) is 2.36. The maximum absolute atomic E-state index is 11.8. The topological polar surface area (TPSA) is 37.1 Å². The van der Waals surface area contributed by atoms with Gasteiger partial charge in [-0.15, -0.1) is 0 Å². The minimum absolute atomic E-state index is 0.0637. The van der Waals surface area contributed by atoms with E-state index in [1.165, 1.54) is 0 Å². The normalized spacial score (nSPS) is 36.1. The van der Waals surface area contributed by atoms with Crippen LogP contribution in [0.25, 0.3) is 0 Å². The Morgan fingerprint density at radius 3 is 2.08 bits per heavy atom. The van der Waals surface area contributed by atoms with Gasteiger partial charge in [-0.05, 0) is 31.6 Å². The predicted molar refractivity (Wildman–Crippen MR) is 51.9 cm³/mol. The number of nitrogens with zero attached hydrogens (tertiary/aromatic N) is 1. The number of hydrogen-bond donors (Lipinski definition) is 0. The zero-order chi connectivity index (χ0) is 9.47. The second-order valence-electron chi connectivity index (χ2n) is 4.33. The summed E-state index contributed by atoms with van der Waals surface area (Å²) in [6.07, 6.45) is 3.91. The van der Waals surface area contributed by atoms with Gasteiger partial charge in [0.1, 0.15) is 0 Å². The molecule has 1 aliphatic heterocycles. The summed E-state index contributed by atoms with van der Waals surface area (Å²) >= 11 is 0. The van der Waals surface area contributed by atoms with Crippen LogP contribution < -0.4 is 0 Å². The van der Waals surface area contributed by atoms with Gasteiger partial charge in [-0.25, -0.2) is 8.42 Å². The molecule has 1 saturated heterocycles. The van der Waals surface area contributed by atoms with Crippen LogP contribution in [0.4, 0.5) is 0 Å². The third-order valence-corrected chi connectivity index (χ3v) is 5.55. The van der Waals surface area contributed by atoms with Gasteiger partial charge in [-0.3, -0.25) is 0 Å². The van der Waals surface area contributed by atoms with Gasteiger partial charge < -0.3 is 0 Å². The molecule has 0 aromatic rings. The fraction of sp³-hybridized carbons (Fsp3) is 1.00. The molecule has 3 nitrogen and oxygen atoms in total. The second kappa shape index (κ2) is 3.24. The largest absolute Gasteiger partial charge is 0.217 e. The molecular weight excluding hydrogens is 186 g/mol. The highest BCUT2D eigenvalue weighted by Crippen LogP contribution is 2.31. The van der Waals surface area contributed by atoms with Crippen molar-refractivity contribution in [3.8, 4) is 0 Å². The van der Waals surface area contributed by atoms with Crippen molar-refractivity contribution >= 4 is 10.0 Å². The third-order valence-electron chi connectivity index (χ3n) is 3.15. The first-order chi connectivity index (χ1) is 6.10. The van der Waals surface area contributed by atoms with Crippen molar-refractivity contribution in [3.63, 3.8) is 0 Å². The van der Waals surface area contributed by atoms with Gasteiger partial charge in [-0.1, -0.05) is 6.92 Å². The molecule has 0 N–H and O–H groups in total. The number of hydrogen-bond acceptors (Lipinski definition) is 2. The van der Waals surface area contributed by atoms with E-state index in [1.54, 1.807) is 4.31 Å². The maximum atomic E-state index is 11.8. The highest BCUT2D eigenvalue weighted by atomic mass is 32.2. The molecule has 2 aliphatic rings. The molecule has 13 heavy (non-hydrogen) atoms. The average molecular weight is 203 g/mol. The smallest absolute Gasteiger partial charge is 0.212 e. The number of rotatable bonds is 2. The van der Waals surface area contributed by atoms with Crippen LogP contribution in [0.2, 0.25) is 0 Å². The fourth-order valence-corrected chi connectivity index (χ4v) is 3.91. The van der Waals surface area contributed by atoms with Crippen LogP contribution in [0.3, 0.4) is 0 Å². The summed E-state index contributed by atoms with van der Waals surface area (Å²) in [5.74, 6) is 0.723. The van der Waals surface area contributed by atoms with E-state index < -0.39 is 10.0 Å². The Balaban J connectivity index is 2.01. The second-order valence-corrected chi connectivity index (χ2v) is 6.54. The van der Waals surface area contributed by atoms with Gasteiger partial charge in [0.2, 0.25) is 10.0 Å². The lowest BCUT2D eigenvalue weighted by molar-refractivity contribution is 0.377. The molecule has 0 aromatic carbocycles. The van der Waals surface area contributed by atoms with Crippen molar-refractivity contribution in [1.29, 1.82) is 0 Å². The van der Waals surface area contributed by atoms with Crippen molar-refractivity contribution in [3.05, 3.63) is 0 Å². The first-order valence-corrected chi connectivity index (χ1v) is 6.60. The van der Waals surface area contributed by atoms with Crippen LogP contribution >= 0.6 is 0 Å². The van der Waals surface area contributed by atoms with E-state index in [0.717, 1.165) is 44.7 Å². The van der Waals surface area contributed by atoms with Crippen molar-refractivity contribution < 1.29 is 8.42 Å². The molecule has 1 aliphatic carbocycles. The van der Waals surface area contributed by atoms with Crippen LogP contribution in [0.5, 0.6) is 0 Å². The van der Waals surface area contributed by atoms with E-state index in [1.807, 2.05) is 0 Å². The van der Waals surface area contributed by atoms with Gasteiger partial charge in [0.25, 0.3) is 0 Å². The van der Waals surface area contributed by atoms with Crippen molar-refractivity contribution in [2.24, 2.45) is 5.92 Å². The minimum atomic E-state index is -2.88. The third kappa shape index (κ3) is 1.89. The molecular formula is C9H17NO2S. The molecule has 0 amide bonds. The van der Waals surface area contributed by atoms with Crippen LogP contribution in [0, 0.1) is 5.92 Å². The highest BCUT2D eigenvalue weighted by Gasteiger charge is 2.39. The Labute approximate surface area is 80.2 Å². The van der Waals surface area contributed by atoms with E-state index >= 15 is 0 Å². The lowest BCUT2D eigenvalue weighted by atomic mass is 9.91. The molecule has 0 bridgehead atoms. The fourth-order valence-electron chi connectivity index (χ4n) is 2.03. The molecule has 0 radical (unpaired) electrons. The van der Waals surface area contributed by atoms with E-state index in [2.05, 4.69) is 6.92 Å². The summed E-state index contributed by atoms with van der Waals surface area (Å²) in [5.41, 5.74) is 0. The first kappa shape index (κ1) is 9.46. The van der Waals surface area contributed by atoms with Crippen molar-refractivity contribution in [2.75, 3.05) is 13.1 Å². The molecule has 4 heteroatoms. The highest BCUT2D eigenvalue weighted by molar-refractivity contribution is 7.89. The Morgan fingerprint density at radius 1 is 1.08 bits per heavy atom. The summed E-state index contributed by atoms with van der Waals surface area (Å²) in [6.45, 7) is 3.73. The van der Waals surface area contributed by atoms with Gasteiger partial charge in [0.05, 0.1) is 5.25 Å². The van der Waals surface area contributed by atoms with E-state index in [4.69, 9.17) is 0 Å². The number of sulfonamides is 1. The Bertz CT molecular complexity index is 274. The molecule has 2 rings (SSSR count). The summed E-state index contributed by atoms with van der Waals surface area (Å²) in [7, 11) is -2.88. The summed E-state index contributed by atoms with van der Waals surface area (Å²) < 4.78 is 25.2. The monoisotopic (exact) mass is 203 g/mol. The van der Waals surface area contributed by atoms with Crippen LogP contribution in [-0.2, 0) is 10.0 Å². The van der Waals surface area contributed by atoms with Crippen molar-refractivity contribution in [2.45, 2.75) is 37.9 Å². The zero-order valence-electron chi connectivity index (χ0n) is 8.07. The molecule has 1 saturated carbocycles. The van der Waals surface area contributed by atoms with E-state index in [0.29, 0.717) is 0 Å². The van der Waals surface area contributed by atoms with Gasteiger partial charge in [-0.2, -0.15) is 4.31 Å².